The zero-order chi connectivity index (χ0) is 18.0. The second kappa shape index (κ2) is 7.23. The van der Waals surface area contributed by atoms with Gasteiger partial charge in [0.25, 0.3) is 0 Å². The first-order chi connectivity index (χ1) is 11.8. The Labute approximate surface area is 151 Å². The van der Waals surface area contributed by atoms with Gasteiger partial charge in [0, 0.05) is 24.3 Å². The van der Waals surface area contributed by atoms with E-state index in [1.54, 1.807) is 18.2 Å². The summed E-state index contributed by atoms with van der Waals surface area (Å²) in [5.41, 5.74) is 2.99. The predicted molar refractivity (Wildman–Crippen MR) is 98.4 cm³/mol. The fourth-order valence-corrected chi connectivity index (χ4v) is 4.28. The summed E-state index contributed by atoms with van der Waals surface area (Å²) in [6.07, 6.45) is 2.39. The zero-order valence-electron chi connectivity index (χ0n) is 14.2. The molecule has 0 atom stereocenters. The van der Waals surface area contributed by atoms with Gasteiger partial charge in [-0.15, -0.1) is 11.3 Å². The lowest BCUT2D eigenvalue weighted by molar-refractivity contribution is -0.116. The number of rotatable bonds is 7. The van der Waals surface area contributed by atoms with Gasteiger partial charge in [-0.25, -0.2) is 18.1 Å². The molecule has 1 aliphatic carbocycles. The quantitative estimate of drug-likeness (QED) is 0.774. The van der Waals surface area contributed by atoms with Gasteiger partial charge in [-0.1, -0.05) is 6.07 Å². The molecule has 1 fully saturated rings. The Morgan fingerprint density at radius 3 is 2.72 bits per heavy atom. The highest BCUT2D eigenvalue weighted by Crippen LogP contribution is 2.40. The van der Waals surface area contributed by atoms with Gasteiger partial charge < -0.3 is 5.32 Å². The van der Waals surface area contributed by atoms with E-state index in [9.17, 15) is 13.2 Å². The maximum absolute atomic E-state index is 12.3. The minimum Gasteiger partial charge on any atom is -0.302 e. The van der Waals surface area contributed by atoms with E-state index in [2.05, 4.69) is 15.0 Å². The molecule has 0 aliphatic heterocycles. The molecule has 134 valence electrons. The normalized spacial score (nSPS) is 14.5. The lowest BCUT2D eigenvalue weighted by Gasteiger charge is -2.08. The minimum absolute atomic E-state index is 0.0436. The third kappa shape index (κ3) is 4.65. The van der Waals surface area contributed by atoms with E-state index in [0.29, 0.717) is 11.0 Å². The molecule has 3 rings (SSSR count). The molecule has 1 aliphatic rings. The summed E-state index contributed by atoms with van der Waals surface area (Å²) in [7, 11) is -3.61. The van der Waals surface area contributed by atoms with Gasteiger partial charge in [0.2, 0.25) is 15.9 Å². The Morgan fingerprint density at radius 1 is 1.28 bits per heavy atom. The molecule has 1 amide bonds. The number of nitrogens with one attached hydrogen (secondary N) is 2. The highest BCUT2D eigenvalue weighted by atomic mass is 32.2. The second-order valence-corrected chi connectivity index (χ2v) is 8.92. The van der Waals surface area contributed by atoms with E-state index in [1.165, 1.54) is 11.3 Å². The van der Waals surface area contributed by atoms with Gasteiger partial charge in [0.05, 0.1) is 10.6 Å². The molecule has 2 N–H and O–H groups in total. The Morgan fingerprint density at radius 2 is 2.04 bits per heavy atom. The first-order valence-corrected chi connectivity index (χ1v) is 10.5. The number of nitrogens with zero attached hydrogens (tertiary/aromatic N) is 1. The number of carbonyl (C=O) groups excluding carboxylic acids is 1. The second-order valence-electron chi connectivity index (χ2n) is 6.29. The average Bonchev–Trinajstić information content (AvgIpc) is 3.30. The summed E-state index contributed by atoms with van der Waals surface area (Å²) in [6.45, 7) is 3.84. The van der Waals surface area contributed by atoms with E-state index in [4.69, 9.17) is 0 Å². The predicted octanol–water partition coefficient (Wildman–Crippen LogP) is 2.94. The van der Waals surface area contributed by atoms with Crippen molar-refractivity contribution in [1.29, 1.82) is 0 Å². The van der Waals surface area contributed by atoms with Crippen LogP contribution >= 0.6 is 11.3 Å². The van der Waals surface area contributed by atoms with Crippen molar-refractivity contribution in [3.63, 3.8) is 0 Å². The SMILES string of the molecule is Cc1ccc(S(=O)(=O)NCCC(=O)Nc2nc(C3CC3)cs2)cc1C. The molecule has 2 aromatic rings. The van der Waals surface area contributed by atoms with Crippen molar-refractivity contribution in [1.82, 2.24) is 9.71 Å². The smallest absolute Gasteiger partial charge is 0.240 e. The summed E-state index contributed by atoms with van der Waals surface area (Å²) < 4.78 is 27.0. The lowest BCUT2D eigenvalue weighted by Crippen LogP contribution is -2.28. The number of amides is 1. The number of aromatic nitrogens is 1. The summed E-state index contributed by atoms with van der Waals surface area (Å²) >= 11 is 1.40. The molecular weight excluding hydrogens is 358 g/mol. The first kappa shape index (κ1) is 18.0. The van der Waals surface area contributed by atoms with Crippen LogP contribution in [0.2, 0.25) is 0 Å². The van der Waals surface area contributed by atoms with Crippen molar-refractivity contribution >= 4 is 32.4 Å². The Kier molecular flexibility index (Phi) is 5.21. The van der Waals surface area contributed by atoms with Crippen LogP contribution in [0.1, 0.15) is 42.0 Å². The van der Waals surface area contributed by atoms with Crippen molar-refractivity contribution in [2.45, 2.75) is 43.9 Å². The minimum atomic E-state index is -3.61. The number of sulfonamides is 1. The molecule has 1 saturated carbocycles. The monoisotopic (exact) mass is 379 g/mol. The third-order valence-corrected chi connectivity index (χ3v) is 6.43. The largest absolute Gasteiger partial charge is 0.302 e. The maximum Gasteiger partial charge on any atom is 0.240 e. The van der Waals surface area contributed by atoms with Gasteiger partial charge in [-0.3, -0.25) is 4.79 Å². The summed E-state index contributed by atoms with van der Waals surface area (Å²) in [4.78, 5) is 16.5. The summed E-state index contributed by atoms with van der Waals surface area (Å²) in [6, 6.07) is 4.98. The van der Waals surface area contributed by atoms with Crippen LogP contribution in [-0.4, -0.2) is 25.9 Å². The zero-order valence-corrected chi connectivity index (χ0v) is 15.8. The highest BCUT2D eigenvalue weighted by Gasteiger charge is 2.26. The molecule has 1 heterocycles. The van der Waals surface area contributed by atoms with Crippen LogP contribution in [-0.2, 0) is 14.8 Å². The number of thiazole rings is 1. The van der Waals surface area contributed by atoms with Gasteiger partial charge in [-0.2, -0.15) is 0 Å². The maximum atomic E-state index is 12.3. The topological polar surface area (TPSA) is 88.2 Å². The van der Waals surface area contributed by atoms with Crippen molar-refractivity contribution in [3.05, 3.63) is 40.4 Å². The number of hydrogen-bond donors (Lipinski definition) is 2. The van der Waals surface area contributed by atoms with E-state index >= 15 is 0 Å². The Balaban J connectivity index is 1.50. The van der Waals surface area contributed by atoms with Gasteiger partial charge >= 0.3 is 0 Å². The number of benzene rings is 1. The molecule has 1 aromatic carbocycles. The van der Waals surface area contributed by atoms with Crippen LogP contribution in [0.4, 0.5) is 5.13 Å². The molecule has 0 radical (unpaired) electrons. The number of anilines is 1. The number of hydrogen-bond acceptors (Lipinski definition) is 5. The Hall–Kier alpha value is -1.77. The molecule has 6 nitrogen and oxygen atoms in total. The van der Waals surface area contributed by atoms with Crippen molar-refractivity contribution in [2.75, 3.05) is 11.9 Å². The fourth-order valence-electron chi connectivity index (χ4n) is 2.36. The number of carbonyl (C=O) groups is 1. The summed E-state index contributed by atoms with van der Waals surface area (Å²) in [5, 5.41) is 5.26. The van der Waals surface area contributed by atoms with Crippen LogP contribution < -0.4 is 10.0 Å². The van der Waals surface area contributed by atoms with E-state index < -0.39 is 10.0 Å². The summed E-state index contributed by atoms with van der Waals surface area (Å²) in [5.74, 6) is 0.297. The van der Waals surface area contributed by atoms with Crippen molar-refractivity contribution < 1.29 is 13.2 Å². The number of aryl methyl sites for hydroxylation is 2. The molecule has 25 heavy (non-hydrogen) atoms. The van der Waals surface area contributed by atoms with Gasteiger partial charge in [-0.05, 0) is 49.9 Å². The van der Waals surface area contributed by atoms with E-state index in [1.807, 2.05) is 19.2 Å². The first-order valence-electron chi connectivity index (χ1n) is 8.17. The molecule has 0 unspecified atom stereocenters. The Bertz CT molecular complexity index is 886. The fraction of sp³-hybridized carbons (Fsp3) is 0.412. The van der Waals surface area contributed by atoms with Crippen LogP contribution in [0.3, 0.4) is 0 Å². The van der Waals surface area contributed by atoms with Crippen LogP contribution in [0.25, 0.3) is 0 Å². The van der Waals surface area contributed by atoms with Crippen LogP contribution in [0, 0.1) is 13.8 Å². The lowest BCUT2D eigenvalue weighted by atomic mass is 10.1. The molecular formula is C17H21N3O3S2. The molecule has 0 bridgehead atoms. The van der Waals surface area contributed by atoms with E-state index in [-0.39, 0.29) is 23.8 Å². The van der Waals surface area contributed by atoms with Crippen molar-refractivity contribution in [3.8, 4) is 0 Å². The highest BCUT2D eigenvalue weighted by molar-refractivity contribution is 7.89. The molecule has 8 heteroatoms. The van der Waals surface area contributed by atoms with Crippen LogP contribution in [0.15, 0.2) is 28.5 Å². The molecule has 0 saturated heterocycles. The van der Waals surface area contributed by atoms with E-state index in [0.717, 1.165) is 29.7 Å². The standard InChI is InChI=1S/C17H21N3O3S2/c1-11-3-6-14(9-12(11)2)25(22,23)18-8-7-16(21)20-17-19-15(10-24-17)13-4-5-13/h3,6,9-10,13,18H,4-5,7-8H2,1-2H3,(H,19,20,21). The van der Waals surface area contributed by atoms with Crippen LogP contribution in [0.5, 0.6) is 0 Å². The van der Waals surface area contributed by atoms with Gasteiger partial charge in [0.1, 0.15) is 0 Å². The molecule has 0 spiro atoms. The average molecular weight is 380 g/mol. The molecule has 1 aromatic heterocycles. The van der Waals surface area contributed by atoms with Crippen molar-refractivity contribution in [2.24, 2.45) is 0 Å². The third-order valence-electron chi connectivity index (χ3n) is 4.20. The van der Waals surface area contributed by atoms with Gasteiger partial charge in [0.15, 0.2) is 5.13 Å².